The molecule has 0 aliphatic heterocycles. The fraction of sp³-hybridized carbons (Fsp3) is 0.875. The van der Waals surface area contributed by atoms with E-state index in [0.29, 0.717) is 12.3 Å². The Balaban J connectivity index is 3.51. The molecule has 3 heteroatoms. The van der Waals surface area contributed by atoms with Crippen LogP contribution in [0.4, 0.5) is 0 Å². The van der Waals surface area contributed by atoms with Gasteiger partial charge in [0, 0.05) is 13.3 Å². The zero-order chi connectivity index (χ0) is 8.85. The first kappa shape index (κ1) is 10.4. The Hall–Kier alpha value is -0.570. The van der Waals surface area contributed by atoms with E-state index in [2.05, 4.69) is 4.74 Å². The number of esters is 1. The molecule has 2 unspecified atom stereocenters. The van der Waals surface area contributed by atoms with Crippen molar-refractivity contribution < 1.29 is 14.6 Å². The van der Waals surface area contributed by atoms with Gasteiger partial charge < -0.3 is 9.84 Å². The maximum absolute atomic E-state index is 10.3. The van der Waals surface area contributed by atoms with Crippen LogP contribution in [0.5, 0.6) is 0 Å². The number of aliphatic hydroxyl groups is 1. The van der Waals surface area contributed by atoms with Crippen LogP contribution in [0.3, 0.4) is 0 Å². The average molecular weight is 160 g/mol. The third-order valence-corrected chi connectivity index (χ3v) is 1.60. The molecule has 66 valence electrons. The summed E-state index contributed by atoms with van der Waals surface area (Å²) in [6.07, 6.45) is 0.580. The van der Waals surface area contributed by atoms with Crippen LogP contribution in [0.25, 0.3) is 0 Å². The lowest BCUT2D eigenvalue weighted by Crippen LogP contribution is -2.18. The Bertz CT molecular complexity index is 123. The van der Waals surface area contributed by atoms with Crippen molar-refractivity contribution in [1.82, 2.24) is 0 Å². The summed E-state index contributed by atoms with van der Waals surface area (Å²) in [5.41, 5.74) is 0. The quantitative estimate of drug-likeness (QED) is 0.498. The van der Waals surface area contributed by atoms with E-state index in [4.69, 9.17) is 5.11 Å². The summed E-state index contributed by atoms with van der Waals surface area (Å²) in [4.78, 5) is 10.3. The van der Waals surface area contributed by atoms with Crippen LogP contribution in [0.2, 0.25) is 0 Å². The van der Waals surface area contributed by atoms with E-state index < -0.39 is 12.3 Å². The third-order valence-electron chi connectivity index (χ3n) is 1.60. The SMILES string of the molecule is CCC(C)CC(O)OC(C)=O. The Morgan fingerprint density at radius 3 is 2.55 bits per heavy atom. The molecule has 0 rings (SSSR count). The van der Waals surface area contributed by atoms with Gasteiger partial charge in [-0.2, -0.15) is 0 Å². The molecule has 0 aliphatic rings. The van der Waals surface area contributed by atoms with Crippen LogP contribution in [0.1, 0.15) is 33.6 Å². The number of carbonyl (C=O) groups excluding carboxylic acids is 1. The van der Waals surface area contributed by atoms with E-state index in [9.17, 15) is 4.79 Å². The number of hydrogen-bond donors (Lipinski definition) is 1. The molecule has 0 aliphatic carbocycles. The zero-order valence-electron chi connectivity index (χ0n) is 7.33. The molecule has 0 aromatic rings. The van der Waals surface area contributed by atoms with E-state index in [1.807, 2.05) is 13.8 Å². The van der Waals surface area contributed by atoms with Gasteiger partial charge in [-0.15, -0.1) is 0 Å². The van der Waals surface area contributed by atoms with Crippen LogP contribution in [-0.2, 0) is 9.53 Å². The maximum atomic E-state index is 10.3. The van der Waals surface area contributed by atoms with Crippen molar-refractivity contribution in [3.05, 3.63) is 0 Å². The van der Waals surface area contributed by atoms with Crippen LogP contribution in [0.15, 0.2) is 0 Å². The van der Waals surface area contributed by atoms with Gasteiger partial charge in [0.25, 0.3) is 0 Å². The van der Waals surface area contributed by atoms with Crippen molar-refractivity contribution in [1.29, 1.82) is 0 Å². The smallest absolute Gasteiger partial charge is 0.304 e. The molecule has 0 radical (unpaired) electrons. The molecule has 0 amide bonds. The van der Waals surface area contributed by atoms with Gasteiger partial charge in [0.05, 0.1) is 0 Å². The highest BCUT2D eigenvalue weighted by Gasteiger charge is 2.10. The summed E-state index contributed by atoms with van der Waals surface area (Å²) >= 11 is 0. The van der Waals surface area contributed by atoms with Gasteiger partial charge in [0.2, 0.25) is 6.29 Å². The van der Waals surface area contributed by atoms with Crippen molar-refractivity contribution in [3.8, 4) is 0 Å². The number of ether oxygens (including phenoxy) is 1. The predicted molar refractivity (Wildman–Crippen MR) is 41.8 cm³/mol. The standard InChI is InChI=1S/C8H16O3/c1-4-6(2)5-8(10)11-7(3)9/h6,8,10H,4-5H2,1-3H3. The lowest BCUT2D eigenvalue weighted by Gasteiger charge is -2.13. The fourth-order valence-corrected chi connectivity index (χ4v) is 0.751. The zero-order valence-corrected chi connectivity index (χ0v) is 7.33. The van der Waals surface area contributed by atoms with Crippen LogP contribution >= 0.6 is 0 Å². The molecule has 2 atom stereocenters. The van der Waals surface area contributed by atoms with Gasteiger partial charge in [-0.05, 0) is 5.92 Å². The Labute approximate surface area is 67.4 Å². The fourth-order valence-electron chi connectivity index (χ4n) is 0.751. The van der Waals surface area contributed by atoms with Gasteiger partial charge in [-0.1, -0.05) is 20.3 Å². The van der Waals surface area contributed by atoms with E-state index in [1.165, 1.54) is 6.92 Å². The molecule has 3 nitrogen and oxygen atoms in total. The largest absolute Gasteiger partial charge is 0.436 e. The number of aliphatic hydroxyl groups excluding tert-OH is 1. The van der Waals surface area contributed by atoms with Crippen molar-refractivity contribution in [2.24, 2.45) is 5.92 Å². The third kappa shape index (κ3) is 5.85. The average Bonchev–Trinajstić information content (AvgIpc) is 1.85. The van der Waals surface area contributed by atoms with E-state index in [-0.39, 0.29) is 0 Å². The van der Waals surface area contributed by atoms with Crippen LogP contribution in [-0.4, -0.2) is 17.4 Å². The first-order valence-corrected chi connectivity index (χ1v) is 3.91. The van der Waals surface area contributed by atoms with E-state index >= 15 is 0 Å². The highest BCUT2D eigenvalue weighted by molar-refractivity contribution is 5.65. The van der Waals surface area contributed by atoms with Gasteiger partial charge >= 0.3 is 5.97 Å². The summed E-state index contributed by atoms with van der Waals surface area (Å²) in [6.45, 7) is 5.33. The van der Waals surface area contributed by atoms with Gasteiger partial charge in [-0.3, -0.25) is 4.79 Å². The van der Waals surface area contributed by atoms with Gasteiger partial charge in [-0.25, -0.2) is 0 Å². The van der Waals surface area contributed by atoms with Crippen LogP contribution in [0, 0.1) is 5.92 Å². The summed E-state index contributed by atoms with van der Waals surface area (Å²) in [7, 11) is 0. The molecule has 0 saturated heterocycles. The van der Waals surface area contributed by atoms with E-state index in [1.54, 1.807) is 0 Å². The van der Waals surface area contributed by atoms with Crippen molar-refractivity contribution in [2.75, 3.05) is 0 Å². The lowest BCUT2D eigenvalue weighted by molar-refractivity contribution is -0.167. The summed E-state index contributed by atoms with van der Waals surface area (Å²) in [6, 6.07) is 0. The monoisotopic (exact) mass is 160 g/mol. The summed E-state index contributed by atoms with van der Waals surface area (Å²) < 4.78 is 4.54. The molecule has 0 aromatic carbocycles. The van der Waals surface area contributed by atoms with Crippen molar-refractivity contribution in [2.45, 2.75) is 39.9 Å². The predicted octanol–water partition coefficient (Wildman–Crippen LogP) is 1.30. The van der Waals surface area contributed by atoms with Crippen LogP contribution < -0.4 is 0 Å². The Kier molecular flexibility index (Phi) is 4.86. The molecule has 1 N–H and O–H groups in total. The Morgan fingerprint density at radius 1 is 1.64 bits per heavy atom. The first-order valence-electron chi connectivity index (χ1n) is 3.91. The van der Waals surface area contributed by atoms with Gasteiger partial charge in [0.15, 0.2) is 0 Å². The van der Waals surface area contributed by atoms with Gasteiger partial charge in [0.1, 0.15) is 0 Å². The molecule has 0 fully saturated rings. The highest BCUT2D eigenvalue weighted by atomic mass is 16.6. The van der Waals surface area contributed by atoms with Crippen molar-refractivity contribution in [3.63, 3.8) is 0 Å². The number of carbonyl (C=O) groups is 1. The summed E-state index contributed by atoms with van der Waals surface area (Å²) in [5.74, 6) is -0.0369. The first-order chi connectivity index (χ1) is 5.06. The minimum atomic E-state index is -0.928. The second-order valence-corrected chi connectivity index (χ2v) is 2.81. The molecular formula is C8H16O3. The molecular weight excluding hydrogens is 144 g/mol. The minimum absolute atomic E-state index is 0.393. The molecule has 0 spiro atoms. The molecule has 11 heavy (non-hydrogen) atoms. The normalized spacial score (nSPS) is 15.6. The minimum Gasteiger partial charge on any atom is -0.436 e. The molecule has 0 aromatic heterocycles. The Morgan fingerprint density at radius 2 is 2.18 bits per heavy atom. The number of hydrogen-bond acceptors (Lipinski definition) is 3. The molecule has 0 heterocycles. The maximum Gasteiger partial charge on any atom is 0.304 e. The van der Waals surface area contributed by atoms with E-state index in [0.717, 1.165) is 6.42 Å². The van der Waals surface area contributed by atoms with Crippen molar-refractivity contribution >= 4 is 5.97 Å². The number of rotatable bonds is 4. The second-order valence-electron chi connectivity index (χ2n) is 2.81. The lowest BCUT2D eigenvalue weighted by atomic mass is 10.1. The molecule has 0 saturated carbocycles. The topological polar surface area (TPSA) is 46.5 Å². The highest BCUT2D eigenvalue weighted by Crippen LogP contribution is 2.10. The molecule has 0 bridgehead atoms. The second kappa shape index (κ2) is 5.13. The summed E-state index contributed by atoms with van der Waals surface area (Å²) in [5, 5.41) is 9.08.